The van der Waals surface area contributed by atoms with Crippen LogP contribution in [-0.2, 0) is 0 Å². The van der Waals surface area contributed by atoms with E-state index in [0.29, 0.717) is 0 Å². The highest BCUT2D eigenvalue weighted by Gasteiger charge is 2.15. The number of hydrogen-bond donors (Lipinski definition) is 2. The fourth-order valence-corrected chi connectivity index (χ4v) is 2.03. The van der Waals surface area contributed by atoms with E-state index in [9.17, 15) is 9.18 Å². The molecule has 0 atom stereocenters. The predicted molar refractivity (Wildman–Crippen MR) is 71.0 cm³/mol. The van der Waals surface area contributed by atoms with Gasteiger partial charge in [-0.25, -0.2) is 19.2 Å². The maximum Gasteiger partial charge on any atom is 0.338 e. The van der Waals surface area contributed by atoms with Gasteiger partial charge in [-0.2, -0.15) is 0 Å². The van der Waals surface area contributed by atoms with Gasteiger partial charge >= 0.3 is 5.97 Å². The average Bonchev–Trinajstić information content (AvgIpc) is 2.81. The molecule has 0 bridgehead atoms. The maximum absolute atomic E-state index is 13.9. The van der Waals surface area contributed by atoms with Gasteiger partial charge in [0.1, 0.15) is 11.6 Å². The number of nitrogens with one attached hydrogen (secondary N) is 1. The van der Waals surface area contributed by atoms with Gasteiger partial charge in [-0.3, -0.25) is 0 Å². The molecular weight excluding hydrogens is 261 g/mol. The Hall–Kier alpha value is -2.76. The first-order chi connectivity index (χ1) is 9.56. The van der Waals surface area contributed by atoms with Crippen LogP contribution >= 0.6 is 0 Å². The lowest BCUT2D eigenvalue weighted by Crippen LogP contribution is -1.97. The van der Waals surface area contributed by atoms with E-state index >= 15 is 0 Å². The van der Waals surface area contributed by atoms with E-state index in [4.69, 9.17) is 5.11 Å². The monoisotopic (exact) mass is 271 g/mol. The quantitative estimate of drug-likeness (QED) is 0.751. The smallest absolute Gasteiger partial charge is 0.338 e. The number of halogens is 1. The highest BCUT2D eigenvalue weighted by Crippen LogP contribution is 2.24. The second kappa shape index (κ2) is 4.41. The number of carbonyl (C=O) groups is 1. The Morgan fingerprint density at radius 3 is 2.85 bits per heavy atom. The van der Waals surface area contributed by atoms with Crippen LogP contribution in [0.25, 0.3) is 22.6 Å². The number of imidazole rings is 1. The Labute approximate surface area is 113 Å². The van der Waals surface area contributed by atoms with E-state index in [2.05, 4.69) is 15.0 Å². The number of aromatic nitrogens is 3. The molecule has 0 aliphatic rings. The molecule has 0 aliphatic heterocycles. The van der Waals surface area contributed by atoms with Crippen LogP contribution in [0, 0.1) is 12.7 Å². The molecule has 3 rings (SSSR count). The lowest BCUT2D eigenvalue weighted by atomic mass is 10.1. The number of rotatable bonds is 2. The fourth-order valence-electron chi connectivity index (χ4n) is 2.03. The summed E-state index contributed by atoms with van der Waals surface area (Å²) >= 11 is 0. The Morgan fingerprint density at radius 2 is 2.15 bits per heavy atom. The van der Waals surface area contributed by atoms with Gasteiger partial charge in [0.2, 0.25) is 0 Å². The van der Waals surface area contributed by atoms with Gasteiger partial charge in [-0.15, -0.1) is 0 Å². The third-order valence-corrected chi connectivity index (χ3v) is 3.00. The highest BCUT2D eigenvalue weighted by atomic mass is 19.1. The molecule has 0 fully saturated rings. The topological polar surface area (TPSA) is 78.9 Å². The number of nitrogens with zero attached hydrogens (tertiary/aromatic N) is 2. The molecule has 2 heterocycles. The van der Waals surface area contributed by atoms with Crippen molar-refractivity contribution >= 4 is 17.1 Å². The standard InChI is InChI=1S/C14H10FN3O2/c1-7-2-3-8(10(15)6-7)12-17-11-9(14(19)20)4-5-16-13(11)18-12/h2-6H,1H3,(H,19,20)(H,16,17,18). The highest BCUT2D eigenvalue weighted by molar-refractivity contribution is 6.00. The largest absolute Gasteiger partial charge is 0.478 e. The van der Waals surface area contributed by atoms with Gasteiger partial charge in [0.05, 0.1) is 16.6 Å². The van der Waals surface area contributed by atoms with Crippen molar-refractivity contribution in [1.29, 1.82) is 0 Å². The molecule has 3 aromatic rings. The number of pyridine rings is 1. The van der Waals surface area contributed by atoms with Gasteiger partial charge in [0.15, 0.2) is 5.65 Å². The fraction of sp³-hybridized carbons (Fsp3) is 0.0714. The van der Waals surface area contributed by atoms with Crippen molar-refractivity contribution in [3.05, 3.63) is 47.4 Å². The number of aromatic amines is 1. The summed E-state index contributed by atoms with van der Waals surface area (Å²) in [5.41, 5.74) is 1.67. The summed E-state index contributed by atoms with van der Waals surface area (Å²) in [5.74, 6) is -1.24. The van der Waals surface area contributed by atoms with Crippen LogP contribution in [-0.4, -0.2) is 26.0 Å². The van der Waals surface area contributed by atoms with Crippen LogP contribution in [0.2, 0.25) is 0 Å². The molecule has 5 nitrogen and oxygen atoms in total. The summed E-state index contributed by atoms with van der Waals surface area (Å²) in [5, 5.41) is 9.10. The molecule has 2 aromatic heterocycles. The van der Waals surface area contributed by atoms with Gasteiger partial charge in [0.25, 0.3) is 0 Å². The van der Waals surface area contributed by atoms with Crippen molar-refractivity contribution < 1.29 is 14.3 Å². The van der Waals surface area contributed by atoms with E-state index < -0.39 is 11.8 Å². The normalized spacial score (nSPS) is 10.9. The summed E-state index contributed by atoms with van der Waals surface area (Å²) in [6.45, 7) is 1.79. The minimum atomic E-state index is -1.09. The van der Waals surface area contributed by atoms with Crippen molar-refractivity contribution in [2.24, 2.45) is 0 Å². The molecule has 20 heavy (non-hydrogen) atoms. The number of H-pyrrole nitrogens is 1. The average molecular weight is 271 g/mol. The number of carboxylic acid groups (broad SMARTS) is 1. The summed E-state index contributed by atoms with van der Waals surface area (Å²) in [6.07, 6.45) is 1.36. The number of hydrogen-bond acceptors (Lipinski definition) is 3. The zero-order chi connectivity index (χ0) is 14.3. The molecule has 6 heteroatoms. The van der Waals surface area contributed by atoms with Crippen molar-refractivity contribution in [2.75, 3.05) is 0 Å². The predicted octanol–water partition coefficient (Wildman–Crippen LogP) is 2.77. The van der Waals surface area contributed by atoms with Crippen LogP contribution in [0.3, 0.4) is 0 Å². The van der Waals surface area contributed by atoms with Gasteiger partial charge in [0, 0.05) is 6.20 Å². The second-order valence-corrected chi connectivity index (χ2v) is 4.43. The second-order valence-electron chi connectivity index (χ2n) is 4.43. The molecule has 0 radical (unpaired) electrons. The zero-order valence-corrected chi connectivity index (χ0v) is 10.5. The minimum Gasteiger partial charge on any atom is -0.478 e. The summed E-state index contributed by atoms with van der Waals surface area (Å²) in [4.78, 5) is 22.1. The van der Waals surface area contributed by atoms with Crippen molar-refractivity contribution in [2.45, 2.75) is 6.92 Å². The van der Waals surface area contributed by atoms with Crippen LogP contribution in [0.5, 0.6) is 0 Å². The Morgan fingerprint density at radius 1 is 1.35 bits per heavy atom. The maximum atomic E-state index is 13.9. The van der Waals surface area contributed by atoms with Gasteiger partial charge in [-0.05, 0) is 30.7 Å². The third kappa shape index (κ3) is 1.91. The van der Waals surface area contributed by atoms with Crippen LogP contribution in [0.4, 0.5) is 4.39 Å². The molecule has 0 saturated heterocycles. The van der Waals surface area contributed by atoms with Crippen LogP contribution in [0.15, 0.2) is 30.5 Å². The summed E-state index contributed by atoms with van der Waals surface area (Å²) in [6, 6.07) is 6.13. The van der Waals surface area contributed by atoms with Crippen LogP contribution in [0.1, 0.15) is 15.9 Å². The Bertz CT molecular complexity index is 826. The SMILES string of the molecule is Cc1ccc(-c2nc3nccc(C(=O)O)c3[nH]2)c(F)c1. The summed E-state index contributed by atoms with van der Waals surface area (Å²) in [7, 11) is 0. The van der Waals surface area contributed by atoms with Crippen molar-refractivity contribution in [1.82, 2.24) is 15.0 Å². The van der Waals surface area contributed by atoms with Crippen LogP contribution < -0.4 is 0 Å². The molecule has 0 aliphatic carbocycles. The molecular formula is C14H10FN3O2. The first-order valence-corrected chi connectivity index (χ1v) is 5.91. The number of aromatic carboxylic acids is 1. The first kappa shape index (κ1) is 12.3. The molecule has 0 spiro atoms. The number of fused-ring (bicyclic) bond motifs is 1. The van der Waals surface area contributed by atoms with Gasteiger partial charge < -0.3 is 10.1 Å². The Balaban J connectivity index is 2.23. The van der Waals surface area contributed by atoms with E-state index in [1.807, 2.05) is 0 Å². The van der Waals surface area contributed by atoms with E-state index in [0.717, 1.165) is 5.56 Å². The minimum absolute atomic E-state index is 0.0567. The van der Waals surface area contributed by atoms with E-state index in [1.54, 1.807) is 19.1 Å². The number of benzene rings is 1. The lowest BCUT2D eigenvalue weighted by Gasteiger charge is -2.00. The summed E-state index contributed by atoms with van der Waals surface area (Å²) < 4.78 is 13.9. The molecule has 0 unspecified atom stereocenters. The lowest BCUT2D eigenvalue weighted by molar-refractivity contribution is 0.0698. The molecule has 0 saturated carbocycles. The number of carboxylic acids is 1. The number of aryl methyl sites for hydroxylation is 1. The zero-order valence-electron chi connectivity index (χ0n) is 10.5. The molecule has 100 valence electrons. The Kier molecular flexibility index (Phi) is 2.71. The molecule has 0 amide bonds. The van der Waals surface area contributed by atoms with Crippen molar-refractivity contribution in [3.63, 3.8) is 0 Å². The van der Waals surface area contributed by atoms with E-state index in [-0.39, 0.29) is 28.1 Å². The first-order valence-electron chi connectivity index (χ1n) is 5.91. The molecule has 2 N–H and O–H groups in total. The van der Waals surface area contributed by atoms with E-state index in [1.165, 1.54) is 18.3 Å². The third-order valence-electron chi connectivity index (χ3n) is 3.00. The molecule has 1 aromatic carbocycles. The van der Waals surface area contributed by atoms with Crippen molar-refractivity contribution in [3.8, 4) is 11.4 Å². The van der Waals surface area contributed by atoms with Gasteiger partial charge in [-0.1, -0.05) is 6.07 Å².